The minimum atomic E-state index is -0.704. The zero-order valence-corrected chi connectivity index (χ0v) is 23.9. The number of nitrogens with two attached hydrogens (primary N) is 1. The molecule has 5 rings (SSSR count). The van der Waals surface area contributed by atoms with Crippen molar-refractivity contribution in [3.8, 4) is 0 Å². The number of hydrogen-bond acceptors (Lipinski definition) is 6. The number of imidazole rings is 1. The van der Waals surface area contributed by atoms with Crippen molar-refractivity contribution in [1.82, 2.24) is 30.0 Å². The third-order valence-electron chi connectivity index (χ3n) is 8.50. The van der Waals surface area contributed by atoms with Crippen molar-refractivity contribution in [1.29, 1.82) is 5.41 Å². The highest BCUT2D eigenvalue weighted by atomic mass is 16.2. The van der Waals surface area contributed by atoms with Crippen LogP contribution in [0.2, 0.25) is 0 Å². The molecule has 3 heterocycles. The van der Waals surface area contributed by atoms with Gasteiger partial charge in [0.25, 0.3) is 0 Å². The van der Waals surface area contributed by atoms with Gasteiger partial charge in [0.15, 0.2) is 11.8 Å². The Balaban J connectivity index is 1.20. The number of nitrogens with one attached hydrogen (secondary N) is 3. The highest BCUT2D eigenvalue weighted by molar-refractivity contribution is 6.02. The van der Waals surface area contributed by atoms with E-state index in [-0.39, 0.29) is 23.7 Å². The first kappa shape index (κ1) is 28.8. The molecule has 2 aromatic carbocycles. The number of fused-ring (bicyclic) bond motifs is 2. The van der Waals surface area contributed by atoms with Gasteiger partial charge in [-0.25, -0.2) is 4.98 Å². The van der Waals surface area contributed by atoms with Crippen molar-refractivity contribution in [3.05, 3.63) is 66.0 Å². The Labute approximate surface area is 241 Å². The highest BCUT2D eigenvalue weighted by Crippen LogP contribution is 2.28. The van der Waals surface area contributed by atoms with Crippen molar-refractivity contribution in [2.45, 2.75) is 56.7 Å². The molecular weight excluding hydrogens is 516 g/mol. The number of rotatable bonds is 12. The number of aromatic nitrogens is 2. The summed E-state index contributed by atoms with van der Waals surface area (Å²) in [4.78, 5) is 36.8. The maximum absolute atomic E-state index is 13.7. The van der Waals surface area contributed by atoms with Crippen LogP contribution >= 0.6 is 0 Å². The average Bonchev–Trinajstić information content (AvgIpc) is 3.55. The van der Waals surface area contributed by atoms with Crippen LogP contribution in [0.25, 0.3) is 11.0 Å². The summed E-state index contributed by atoms with van der Waals surface area (Å²) >= 11 is 0. The Hall–Kier alpha value is -3.76. The summed E-state index contributed by atoms with van der Waals surface area (Å²) in [6.45, 7) is 4.32. The van der Waals surface area contributed by atoms with Gasteiger partial charge in [0.1, 0.15) is 0 Å². The molecule has 2 saturated heterocycles. The van der Waals surface area contributed by atoms with E-state index in [0.29, 0.717) is 31.3 Å². The molecule has 10 nitrogen and oxygen atoms in total. The summed E-state index contributed by atoms with van der Waals surface area (Å²) < 4.78 is 1.80. The van der Waals surface area contributed by atoms with Crippen molar-refractivity contribution >= 4 is 28.7 Å². The number of aryl methyl sites for hydroxylation is 2. The van der Waals surface area contributed by atoms with Gasteiger partial charge in [0.2, 0.25) is 11.7 Å². The van der Waals surface area contributed by atoms with Gasteiger partial charge in [0, 0.05) is 39.3 Å². The molecule has 3 aromatic rings. The monoisotopic (exact) mass is 558 g/mol. The maximum Gasteiger partial charge on any atom is 0.237 e. The maximum atomic E-state index is 13.7. The number of carbonyl (C=O) groups is 2. The average molecular weight is 559 g/mol. The van der Waals surface area contributed by atoms with Crippen LogP contribution in [0.5, 0.6) is 0 Å². The summed E-state index contributed by atoms with van der Waals surface area (Å²) in [6, 6.07) is 17.7. The second-order valence-corrected chi connectivity index (χ2v) is 11.3. The molecule has 2 aliphatic rings. The van der Waals surface area contributed by atoms with Crippen molar-refractivity contribution < 1.29 is 9.59 Å². The van der Waals surface area contributed by atoms with Gasteiger partial charge in [-0.2, -0.15) is 0 Å². The van der Waals surface area contributed by atoms with E-state index in [1.807, 2.05) is 31.3 Å². The minimum Gasteiger partial charge on any atom is -0.370 e. The Morgan fingerprint density at radius 3 is 2.63 bits per heavy atom. The Bertz CT molecular complexity index is 1360. The van der Waals surface area contributed by atoms with E-state index >= 15 is 0 Å². The van der Waals surface area contributed by atoms with Gasteiger partial charge in [-0.05, 0) is 62.8 Å². The lowest BCUT2D eigenvalue weighted by Crippen LogP contribution is -2.57. The third-order valence-corrected chi connectivity index (χ3v) is 8.50. The van der Waals surface area contributed by atoms with Gasteiger partial charge < -0.3 is 25.8 Å². The van der Waals surface area contributed by atoms with Crippen molar-refractivity contribution in [2.75, 3.05) is 32.7 Å². The zero-order chi connectivity index (χ0) is 28.8. The van der Waals surface area contributed by atoms with Crippen molar-refractivity contribution in [2.24, 2.45) is 12.8 Å². The first-order valence-corrected chi connectivity index (χ1v) is 14.8. The minimum absolute atomic E-state index is 0.0818. The molecule has 0 spiro atoms. The SMILES string of the molecule is Cn1c(C(=O)C(CCCNC(=N)N)NC(=O)C2CCC3CN(CCCc4ccccc4)CCN32)nc2ccccc21. The summed E-state index contributed by atoms with van der Waals surface area (Å²) in [5.74, 6) is -0.0489. The number of ketones is 1. The predicted molar refractivity (Wildman–Crippen MR) is 161 cm³/mol. The van der Waals surface area contributed by atoms with Crippen LogP contribution < -0.4 is 16.4 Å². The molecule has 41 heavy (non-hydrogen) atoms. The Morgan fingerprint density at radius 2 is 1.85 bits per heavy atom. The number of guanidine groups is 1. The van der Waals surface area contributed by atoms with E-state index in [0.717, 1.165) is 62.9 Å². The molecule has 1 aromatic heterocycles. The van der Waals surface area contributed by atoms with Gasteiger partial charge in [-0.1, -0.05) is 42.5 Å². The fourth-order valence-corrected chi connectivity index (χ4v) is 6.34. The van der Waals surface area contributed by atoms with E-state index in [2.05, 4.69) is 55.7 Å². The second-order valence-electron chi connectivity index (χ2n) is 11.3. The van der Waals surface area contributed by atoms with E-state index in [1.165, 1.54) is 5.56 Å². The zero-order valence-electron chi connectivity index (χ0n) is 23.9. The molecule has 2 aliphatic heterocycles. The molecule has 5 N–H and O–H groups in total. The molecule has 1 amide bonds. The molecule has 0 radical (unpaired) electrons. The van der Waals surface area contributed by atoms with Crippen LogP contribution in [0.3, 0.4) is 0 Å². The van der Waals surface area contributed by atoms with E-state index < -0.39 is 6.04 Å². The summed E-state index contributed by atoms with van der Waals surface area (Å²) in [6.07, 6.45) is 5.01. The molecule has 3 unspecified atom stereocenters. The molecule has 10 heteroatoms. The van der Waals surface area contributed by atoms with Crippen molar-refractivity contribution in [3.63, 3.8) is 0 Å². The van der Waals surface area contributed by atoms with E-state index in [1.54, 1.807) is 4.57 Å². The molecular formula is C31H42N8O2. The number of benzene rings is 2. The second kappa shape index (κ2) is 13.3. The van der Waals surface area contributed by atoms with Crippen LogP contribution in [-0.2, 0) is 18.3 Å². The molecule has 0 saturated carbocycles. The first-order chi connectivity index (χ1) is 19.9. The highest BCUT2D eigenvalue weighted by Gasteiger charge is 2.41. The largest absolute Gasteiger partial charge is 0.370 e. The third kappa shape index (κ3) is 6.94. The van der Waals surface area contributed by atoms with E-state index in [9.17, 15) is 9.59 Å². The van der Waals surface area contributed by atoms with Crippen LogP contribution in [0.15, 0.2) is 54.6 Å². The molecule has 0 aliphatic carbocycles. The van der Waals surface area contributed by atoms with Crippen LogP contribution in [0, 0.1) is 5.41 Å². The fraction of sp³-hybridized carbons (Fsp3) is 0.484. The van der Waals surface area contributed by atoms with Gasteiger partial charge >= 0.3 is 0 Å². The lowest BCUT2D eigenvalue weighted by atomic mass is 10.0. The first-order valence-electron chi connectivity index (χ1n) is 14.8. The fourth-order valence-electron chi connectivity index (χ4n) is 6.34. The Morgan fingerprint density at radius 1 is 1.07 bits per heavy atom. The number of amides is 1. The molecule has 218 valence electrons. The lowest BCUT2D eigenvalue weighted by molar-refractivity contribution is -0.127. The predicted octanol–water partition coefficient (Wildman–Crippen LogP) is 2.29. The van der Waals surface area contributed by atoms with Crippen LogP contribution in [-0.4, -0.2) is 87.9 Å². The number of para-hydroxylation sites is 2. The molecule has 2 fully saturated rings. The normalized spacial score (nSPS) is 20.0. The number of piperazine rings is 1. The number of carbonyl (C=O) groups excluding carboxylic acids is 2. The summed E-state index contributed by atoms with van der Waals surface area (Å²) in [5, 5.41) is 13.3. The smallest absolute Gasteiger partial charge is 0.237 e. The quantitative estimate of drug-likeness (QED) is 0.116. The Kier molecular flexibility index (Phi) is 9.31. The summed E-state index contributed by atoms with van der Waals surface area (Å²) in [5.41, 5.74) is 8.43. The number of hydrogen-bond donors (Lipinski definition) is 4. The number of nitrogens with zero attached hydrogens (tertiary/aromatic N) is 4. The summed E-state index contributed by atoms with van der Waals surface area (Å²) in [7, 11) is 1.83. The molecule has 3 atom stereocenters. The molecule has 0 bridgehead atoms. The van der Waals surface area contributed by atoms with Gasteiger partial charge in [-0.3, -0.25) is 19.9 Å². The topological polar surface area (TPSA) is 132 Å². The standard InChI is InChI=1S/C31H42N8O2/c1-37-26-14-6-5-12-24(26)35-29(37)28(40)25(13-7-17-34-31(32)33)36-30(41)27-16-15-23-21-38(19-20-39(23)27)18-8-11-22-9-3-2-4-10-22/h2-6,9-10,12,14,23,25,27H,7-8,11,13,15-21H2,1H3,(H,36,41)(H4,32,33,34). The van der Waals surface area contributed by atoms with Gasteiger partial charge in [0.05, 0.1) is 23.1 Å². The van der Waals surface area contributed by atoms with E-state index in [4.69, 9.17) is 11.1 Å². The number of Topliss-reactive ketones (excluding diaryl/α,β-unsaturated/α-hetero) is 1. The van der Waals surface area contributed by atoms with Crippen LogP contribution in [0.4, 0.5) is 0 Å². The van der Waals surface area contributed by atoms with Gasteiger partial charge in [-0.15, -0.1) is 0 Å². The van der Waals surface area contributed by atoms with Crippen LogP contribution in [0.1, 0.15) is 48.3 Å². The lowest BCUT2D eigenvalue weighted by Gasteiger charge is -2.39.